The van der Waals surface area contributed by atoms with E-state index in [-0.39, 0.29) is 56.5 Å². The minimum Gasteiger partial charge on any atom is -0.491 e. The zero-order valence-corrected chi connectivity index (χ0v) is 41.0. The number of alkyl halides is 2. The van der Waals surface area contributed by atoms with Crippen molar-refractivity contribution in [1.29, 1.82) is 0 Å². The number of aromatic nitrogens is 2. The van der Waals surface area contributed by atoms with Gasteiger partial charge in [0.05, 0.1) is 21.0 Å². The Kier molecular flexibility index (Phi) is 13.0. The van der Waals surface area contributed by atoms with Gasteiger partial charge in [-0.3, -0.25) is 19.8 Å². The molecule has 3 aliphatic heterocycles. The fraction of sp³-hybridized carbons (Fsp3) is 0.490. The van der Waals surface area contributed by atoms with E-state index in [4.69, 9.17) is 14.2 Å². The van der Waals surface area contributed by atoms with E-state index < -0.39 is 49.5 Å². The van der Waals surface area contributed by atoms with Crippen LogP contribution in [0.3, 0.4) is 0 Å². The fourth-order valence-corrected chi connectivity index (χ4v) is 13.9. The molecule has 2 aliphatic carbocycles. The van der Waals surface area contributed by atoms with Crippen LogP contribution < -0.4 is 23.8 Å². The van der Waals surface area contributed by atoms with Crippen molar-refractivity contribution in [2.75, 3.05) is 31.1 Å². The lowest BCUT2D eigenvalue weighted by atomic mass is 9.59. The Labute approximate surface area is 409 Å². The molecule has 2 atom stereocenters. The molecule has 5 heterocycles. The number of pyridine rings is 1. The molecule has 10 rings (SSSR count). The smallest absolute Gasteiger partial charge is 0.388 e. The fourth-order valence-electron chi connectivity index (χ4n) is 11.5. The lowest BCUT2D eigenvalue weighted by Gasteiger charge is -2.56. The van der Waals surface area contributed by atoms with E-state index in [1.807, 2.05) is 0 Å². The molecule has 15 nitrogen and oxygen atoms in total. The molecule has 372 valence electrons. The number of H-pyrrole nitrogens is 1. The molecule has 1 spiro atoms. The zero-order valence-electron chi connectivity index (χ0n) is 39.4. The lowest BCUT2D eigenvalue weighted by molar-refractivity contribution is -0.388. The van der Waals surface area contributed by atoms with Crippen molar-refractivity contribution >= 4 is 50.1 Å². The van der Waals surface area contributed by atoms with E-state index in [9.17, 15) is 37.2 Å². The maximum atomic E-state index is 14.2. The number of rotatable bonds is 13. The van der Waals surface area contributed by atoms with Gasteiger partial charge in [0.1, 0.15) is 28.6 Å². The number of sulfonamides is 1. The summed E-state index contributed by atoms with van der Waals surface area (Å²) in [5, 5.41) is 23.3. The number of fused-ring (bicyclic) bond motifs is 2. The number of aromatic amines is 1. The van der Waals surface area contributed by atoms with Gasteiger partial charge in [0.2, 0.25) is 0 Å². The molecule has 3 N–H and O–H groups in total. The first-order chi connectivity index (χ1) is 33.4. The van der Waals surface area contributed by atoms with E-state index >= 15 is 0 Å². The van der Waals surface area contributed by atoms with Gasteiger partial charge in [0.15, 0.2) is 5.75 Å². The maximum Gasteiger partial charge on any atom is 0.388 e. The lowest BCUT2D eigenvalue weighted by Crippen LogP contribution is -2.54. The van der Waals surface area contributed by atoms with Gasteiger partial charge < -0.3 is 29.2 Å². The second-order valence-electron chi connectivity index (χ2n) is 20.4. The number of thioether (sulfide) groups is 1. The standard InChI is InChI=1S/C51H58F2N6O9S2/c1-30(2)36-7-4-5-8-37(36)39-9-6-20-58(39)34-27-51(28-34)17-21-57(22-18-51)33-10-11-38(41(24-33)67-43-23-32-14-19-54-46(32)55-48(43)68-49(52)53)47(60)56-70(64,65)35-25-40(59(62)63)45-42(26-35)66-29-44(69-45)31-12-15-50(3,61)16-13-31/h4-5,7-8,10-11,14,19,23-26,30-31,34,39,44,49,61H,6,9,12-13,15-18,20-22,27-29H2,1-3H3,(H,54,55)(H,56,60)/t31-,39-,44-,50-/m1/s1. The molecule has 2 saturated heterocycles. The number of carbonyl (C=O) groups is 1. The molecule has 19 heteroatoms. The molecule has 3 aromatic carbocycles. The van der Waals surface area contributed by atoms with Crippen molar-refractivity contribution in [1.82, 2.24) is 19.6 Å². The average Bonchev–Trinajstić information content (AvgIpc) is 4.00. The Morgan fingerprint density at radius 2 is 1.77 bits per heavy atom. The Morgan fingerprint density at radius 3 is 2.50 bits per heavy atom. The number of benzene rings is 3. The molecule has 70 heavy (non-hydrogen) atoms. The summed E-state index contributed by atoms with van der Waals surface area (Å²) in [7, 11) is -4.79. The average molecular weight is 1000 g/mol. The normalized spacial score (nSPS) is 23.8. The van der Waals surface area contributed by atoms with Crippen LogP contribution in [0.1, 0.15) is 118 Å². The molecule has 2 aromatic heterocycles. The van der Waals surface area contributed by atoms with Crippen molar-refractivity contribution in [2.24, 2.45) is 11.3 Å². The summed E-state index contributed by atoms with van der Waals surface area (Å²) in [4.78, 5) is 37.6. The quantitative estimate of drug-likeness (QED) is 0.0747. The van der Waals surface area contributed by atoms with Crippen molar-refractivity contribution in [3.63, 3.8) is 0 Å². The van der Waals surface area contributed by atoms with Crippen LogP contribution in [0.25, 0.3) is 11.0 Å². The number of carbonyl (C=O) groups excluding carboxylic acids is 1. The minimum absolute atomic E-state index is 0.00653. The monoisotopic (exact) mass is 1000 g/mol. The van der Waals surface area contributed by atoms with Gasteiger partial charge in [-0.15, -0.1) is 11.8 Å². The van der Waals surface area contributed by atoms with Crippen LogP contribution >= 0.6 is 11.8 Å². The van der Waals surface area contributed by atoms with Crippen LogP contribution in [-0.4, -0.2) is 89.0 Å². The summed E-state index contributed by atoms with van der Waals surface area (Å²) in [6, 6.07) is 19.6. The van der Waals surface area contributed by atoms with E-state index in [1.54, 1.807) is 31.3 Å². The van der Waals surface area contributed by atoms with Crippen LogP contribution in [0.15, 0.2) is 82.7 Å². The molecule has 5 aliphatic rings. The second kappa shape index (κ2) is 18.9. The van der Waals surface area contributed by atoms with E-state index in [0.29, 0.717) is 67.8 Å². The number of hydrogen-bond donors (Lipinski definition) is 3. The summed E-state index contributed by atoms with van der Waals surface area (Å²) in [5.74, 6) is -1.49. The van der Waals surface area contributed by atoms with Crippen LogP contribution in [0.2, 0.25) is 0 Å². The second-order valence-corrected chi connectivity index (χ2v) is 23.3. The number of piperidine rings is 1. The molecule has 5 aromatic rings. The number of ether oxygens (including phenoxy) is 3. The number of hydrogen-bond acceptors (Lipinski definition) is 13. The van der Waals surface area contributed by atoms with Gasteiger partial charge >= 0.3 is 6.61 Å². The number of anilines is 1. The number of amides is 1. The number of aliphatic hydroxyl groups is 1. The number of nitro groups is 1. The number of likely N-dealkylation sites (tertiary alicyclic amines) is 1. The predicted octanol–water partition coefficient (Wildman–Crippen LogP) is 10.5. The first-order valence-corrected chi connectivity index (χ1v) is 26.6. The number of nitrogens with zero attached hydrogens (tertiary/aromatic N) is 4. The molecule has 0 unspecified atom stereocenters. The SMILES string of the molecule is CC(C)c1ccccc1[C@H]1CCCN1C1CC2(CCN(c3ccc(C(=O)NS(=O)(=O)c4cc5c(c([N+](=O)[O-])c4)S[C@@H]([C@H]4CC[C@](C)(O)CC4)CO5)c(Oc4cc5cc[nH]c5nc4OC(F)F)c3)CC2)C1. The number of nitrogens with one attached hydrogen (secondary N) is 2. The van der Waals surface area contributed by atoms with Crippen LogP contribution in [0, 0.1) is 21.4 Å². The van der Waals surface area contributed by atoms with Gasteiger partial charge in [-0.05, 0) is 130 Å². The van der Waals surface area contributed by atoms with Crippen LogP contribution in [-0.2, 0) is 10.0 Å². The van der Waals surface area contributed by atoms with Crippen molar-refractivity contribution in [2.45, 2.75) is 130 Å². The maximum absolute atomic E-state index is 14.2. The molecule has 1 amide bonds. The Bertz CT molecular complexity index is 2910. The Morgan fingerprint density at radius 1 is 1.01 bits per heavy atom. The summed E-state index contributed by atoms with van der Waals surface area (Å²) >= 11 is 1.26. The van der Waals surface area contributed by atoms with Crippen LogP contribution in [0.5, 0.6) is 23.1 Å². The molecule has 0 radical (unpaired) electrons. The highest BCUT2D eigenvalue weighted by atomic mass is 32.2. The summed E-state index contributed by atoms with van der Waals surface area (Å²) in [5.41, 5.74) is 2.50. The topological polar surface area (TPSA) is 189 Å². The highest BCUT2D eigenvalue weighted by molar-refractivity contribution is 8.00. The van der Waals surface area contributed by atoms with Crippen molar-refractivity contribution in [3.05, 3.63) is 99.7 Å². The van der Waals surface area contributed by atoms with Gasteiger partial charge in [0.25, 0.3) is 27.5 Å². The predicted molar refractivity (Wildman–Crippen MR) is 261 cm³/mol. The van der Waals surface area contributed by atoms with Crippen molar-refractivity contribution in [3.8, 4) is 23.1 Å². The summed E-state index contributed by atoms with van der Waals surface area (Å²) in [6.07, 6.45) is 10.7. The third-order valence-corrected chi connectivity index (χ3v) is 18.2. The van der Waals surface area contributed by atoms with Gasteiger partial charge in [-0.1, -0.05) is 38.1 Å². The van der Waals surface area contributed by atoms with E-state index in [1.165, 1.54) is 47.5 Å². The molecule has 2 saturated carbocycles. The minimum atomic E-state index is -4.79. The Hall–Kier alpha value is -5.50. The largest absolute Gasteiger partial charge is 0.491 e. The molecule has 0 bridgehead atoms. The first-order valence-electron chi connectivity index (χ1n) is 24.2. The first kappa shape index (κ1) is 48.1. The number of halogens is 2. The summed E-state index contributed by atoms with van der Waals surface area (Å²) in [6.45, 7) is 5.75. The highest BCUT2D eigenvalue weighted by Crippen LogP contribution is 2.55. The van der Waals surface area contributed by atoms with Crippen LogP contribution in [0.4, 0.5) is 20.2 Å². The third kappa shape index (κ3) is 9.65. The van der Waals surface area contributed by atoms with Gasteiger partial charge in [0, 0.05) is 65.9 Å². The van der Waals surface area contributed by atoms with Crippen molar-refractivity contribution < 1.29 is 46.2 Å². The molecular formula is C51H58F2N6O9S2. The molecular weight excluding hydrogens is 943 g/mol. The highest BCUT2D eigenvalue weighted by Gasteiger charge is 2.50. The van der Waals surface area contributed by atoms with E-state index in [0.717, 1.165) is 44.7 Å². The Balaban J connectivity index is 0.888. The molecule has 4 fully saturated rings. The van der Waals surface area contributed by atoms with E-state index in [2.05, 4.69) is 62.6 Å². The summed E-state index contributed by atoms with van der Waals surface area (Å²) < 4.78 is 74.7. The van der Waals surface area contributed by atoms with Gasteiger partial charge in [-0.25, -0.2) is 13.1 Å². The zero-order chi connectivity index (χ0) is 49.1. The van der Waals surface area contributed by atoms with Gasteiger partial charge in [-0.2, -0.15) is 13.8 Å². The third-order valence-electron chi connectivity index (χ3n) is 15.4. The number of nitro benzene ring substituents is 1.